The molecule has 0 aromatic rings. The number of aliphatic hydroxyl groups is 1. The lowest BCUT2D eigenvalue weighted by molar-refractivity contribution is 0.0514. The number of rotatable bonds is 4. The summed E-state index contributed by atoms with van der Waals surface area (Å²) in [5.41, 5.74) is -0.854. The molecule has 2 N–H and O–H groups in total. The lowest BCUT2D eigenvalue weighted by Gasteiger charge is -2.40. The Labute approximate surface area is 135 Å². The molecule has 22 heavy (non-hydrogen) atoms. The number of likely N-dealkylation sites (N-methyl/N-ethyl adjacent to an activating group) is 1. The third-order valence-corrected chi connectivity index (χ3v) is 4.84. The van der Waals surface area contributed by atoms with Crippen molar-refractivity contribution in [1.82, 2.24) is 15.1 Å². The lowest BCUT2D eigenvalue weighted by atomic mass is 9.92. The molecule has 1 heterocycles. The number of carbonyl (C=O) groups excluding carboxylic acids is 1. The molecule has 0 radical (unpaired) electrons. The van der Waals surface area contributed by atoms with Gasteiger partial charge in [0.15, 0.2) is 0 Å². The molecule has 5 nitrogen and oxygen atoms in total. The van der Waals surface area contributed by atoms with Gasteiger partial charge in [0, 0.05) is 25.7 Å². The van der Waals surface area contributed by atoms with E-state index in [1.165, 1.54) is 38.6 Å². The minimum absolute atomic E-state index is 0.0716. The molecule has 1 unspecified atom stereocenters. The Hall–Kier alpha value is -0.810. The molecule has 1 aliphatic carbocycles. The Bertz CT molecular complexity index is 361. The van der Waals surface area contributed by atoms with Gasteiger partial charge in [-0.25, -0.2) is 4.79 Å². The number of hydrogen-bond donors (Lipinski definition) is 2. The number of amides is 2. The first kappa shape index (κ1) is 17.5. The monoisotopic (exact) mass is 311 g/mol. The van der Waals surface area contributed by atoms with E-state index in [0.717, 1.165) is 25.4 Å². The summed E-state index contributed by atoms with van der Waals surface area (Å²) in [4.78, 5) is 16.4. The fourth-order valence-electron chi connectivity index (χ4n) is 3.84. The van der Waals surface area contributed by atoms with Gasteiger partial charge in [-0.05, 0) is 46.1 Å². The van der Waals surface area contributed by atoms with E-state index in [1.54, 1.807) is 25.8 Å². The summed E-state index contributed by atoms with van der Waals surface area (Å²) in [6.07, 6.45) is 8.95. The summed E-state index contributed by atoms with van der Waals surface area (Å²) in [6.45, 7) is 5.95. The highest BCUT2D eigenvalue weighted by Gasteiger charge is 2.28. The van der Waals surface area contributed by atoms with E-state index in [2.05, 4.69) is 10.2 Å². The van der Waals surface area contributed by atoms with Gasteiger partial charge in [-0.1, -0.05) is 19.3 Å². The number of likely N-dealkylation sites (tertiary alicyclic amines) is 1. The number of nitrogens with one attached hydrogen (secondary N) is 1. The molecular weight excluding hydrogens is 278 g/mol. The highest BCUT2D eigenvalue weighted by Crippen LogP contribution is 2.25. The van der Waals surface area contributed by atoms with Gasteiger partial charge in [0.05, 0.1) is 12.1 Å². The van der Waals surface area contributed by atoms with E-state index < -0.39 is 5.60 Å². The number of nitrogens with zero attached hydrogens (tertiary/aromatic N) is 2. The largest absolute Gasteiger partial charge is 0.389 e. The Morgan fingerprint density at radius 3 is 2.55 bits per heavy atom. The highest BCUT2D eigenvalue weighted by atomic mass is 16.3. The highest BCUT2D eigenvalue weighted by molar-refractivity contribution is 5.74. The van der Waals surface area contributed by atoms with Crippen LogP contribution < -0.4 is 5.32 Å². The maximum Gasteiger partial charge on any atom is 0.317 e. The molecular formula is C17H33N3O2. The van der Waals surface area contributed by atoms with Crippen LogP contribution in [0, 0.1) is 0 Å². The predicted octanol–water partition coefficient (Wildman–Crippen LogP) is 2.20. The van der Waals surface area contributed by atoms with Gasteiger partial charge in [-0.3, -0.25) is 4.90 Å². The predicted molar refractivity (Wildman–Crippen MR) is 88.9 cm³/mol. The third kappa shape index (κ3) is 5.43. The Morgan fingerprint density at radius 2 is 1.91 bits per heavy atom. The van der Waals surface area contributed by atoms with Crippen LogP contribution in [0.25, 0.3) is 0 Å². The van der Waals surface area contributed by atoms with Crippen LogP contribution in [0.2, 0.25) is 0 Å². The van der Waals surface area contributed by atoms with Crippen LogP contribution in [0.4, 0.5) is 4.79 Å². The summed E-state index contributed by atoms with van der Waals surface area (Å²) in [5, 5.41) is 13.0. The fourth-order valence-corrected chi connectivity index (χ4v) is 3.84. The summed E-state index contributed by atoms with van der Waals surface area (Å²) >= 11 is 0. The van der Waals surface area contributed by atoms with E-state index in [9.17, 15) is 9.90 Å². The maximum absolute atomic E-state index is 12.3. The van der Waals surface area contributed by atoms with Gasteiger partial charge in [0.2, 0.25) is 0 Å². The quantitative estimate of drug-likeness (QED) is 0.837. The van der Waals surface area contributed by atoms with Crippen LogP contribution >= 0.6 is 0 Å². The van der Waals surface area contributed by atoms with E-state index in [0.29, 0.717) is 6.54 Å². The molecule has 5 heteroatoms. The van der Waals surface area contributed by atoms with Crippen molar-refractivity contribution in [2.24, 2.45) is 0 Å². The standard InChI is InChI=1S/C17H33N3O2/c1-17(2,22)13-19(3)16(21)18-14-8-7-11-20(12-14)15-9-5-4-6-10-15/h14-15,22H,4-13H2,1-3H3,(H,18,21). The molecule has 2 aliphatic rings. The van der Waals surface area contributed by atoms with Gasteiger partial charge in [0.1, 0.15) is 0 Å². The van der Waals surface area contributed by atoms with Crippen LogP contribution in [0.5, 0.6) is 0 Å². The van der Waals surface area contributed by atoms with Crippen molar-refractivity contribution in [3.05, 3.63) is 0 Å². The van der Waals surface area contributed by atoms with Crippen molar-refractivity contribution in [2.75, 3.05) is 26.7 Å². The normalized spacial score (nSPS) is 25.0. The summed E-state index contributed by atoms with van der Waals surface area (Å²) in [6, 6.07) is 0.896. The summed E-state index contributed by atoms with van der Waals surface area (Å²) in [5.74, 6) is 0. The number of urea groups is 1. The molecule has 2 rings (SSSR count). The molecule has 1 saturated carbocycles. The Balaban J connectivity index is 1.80. The van der Waals surface area contributed by atoms with Crippen LogP contribution in [0.3, 0.4) is 0 Å². The molecule has 1 atom stereocenters. The molecule has 0 bridgehead atoms. The van der Waals surface area contributed by atoms with Crippen molar-refractivity contribution in [3.63, 3.8) is 0 Å². The third-order valence-electron chi connectivity index (χ3n) is 4.84. The molecule has 0 spiro atoms. The zero-order valence-corrected chi connectivity index (χ0v) is 14.5. The van der Waals surface area contributed by atoms with Crippen molar-refractivity contribution in [3.8, 4) is 0 Å². The Kier molecular flexibility index (Phi) is 6.09. The van der Waals surface area contributed by atoms with Crippen molar-refractivity contribution in [1.29, 1.82) is 0 Å². The van der Waals surface area contributed by atoms with Gasteiger partial charge in [-0.15, -0.1) is 0 Å². The minimum Gasteiger partial charge on any atom is -0.389 e. The fraction of sp³-hybridized carbons (Fsp3) is 0.941. The number of piperidine rings is 1. The van der Waals surface area contributed by atoms with Gasteiger partial charge < -0.3 is 15.3 Å². The first-order valence-electron chi connectivity index (χ1n) is 8.83. The van der Waals surface area contributed by atoms with Gasteiger partial charge in [0.25, 0.3) is 0 Å². The summed E-state index contributed by atoms with van der Waals surface area (Å²) in [7, 11) is 1.75. The second-order valence-corrected chi connectivity index (χ2v) is 7.74. The van der Waals surface area contributed by atoms with E-state index in [-0.39, 0.29) is 12.1 Å². The number of hydrogen-bond acceptors (Lipinski definition) is 3. The van der Waals surface area contributed by atoms with Crippen molar-refractivity contribution >= 4 is 6.03 Å². The molecule has 1 saturated heterocycles. The first-order chi connectivity index (χ1) is 10.3. The topological polar surface area (TPSA) is 55.8 Å². The van der Waals surface area contributed by atoms with Gasteiger partial charge in [-0.2, -0.15) is 0 Å². The second kappa shape index (κ2) is 7.64. The molecule has 1 aliphatic heterocycles. The zero-order valence-electron chi connectivity index (χ0n) is 14.5. The first-order valence-corrected chi connectivity index (χ1v) is 8.83. The van der Waals surface area contributed by atoms with Crippen LogP contribution in [-0.2, 0) is 0 Å². The second-order valence-electron chi connectivity index (χ2n) is 7.74. The average Bonchev–Trinajstić information content (AvgIpc) is 2.46. The molecule has 0 aromatic heterocycles. The molecule has 2 fully saturated rings. The molecule has 0 aromatic carbocycles. The molecule has 2 amide bonds. The van der Waals surface area contributed by atoms with Crippen LogP contribution in [-0.4, -0.2) is 65.3 Å². The van der Waals surface area contributed by atoms with Crippen molar-refractivity contribution in [2.45, 2.75) is 76.5 Å². The number of carbonyl (C=O) groups is 1. The maximum atomic E-state index is 12.3. The molecule has 128 valence electrons. The summed E-state index contributed by atoms with van der Waals surface area (Å²) < 4.78 is 0. The average molecular weight is 311 g/mol. The van der Waals surface area contributed by atoms with Gasteiger partial charge >= 0.3 is 6.03 Å². The van der Waals surface area contributed by atoms with E-state index >= 15 is 0 Å². The zero-order chi connectivity index (χ0) is 16.2. The smallest absolute Gasteiger partial charge is 0.317 e. The van der Waals surface area contributed by atoms with E-state index in [4.69, 9.17) is 0 Å². The van der Waals surface area contributed by atoms with Crippen molar-refractivity contribution < 1.29 is 9.90 Å². The Morgan fingerprint density at radius 1 is 1.23 bits per heavy atom. The minimum atomic E-state index is -0.854. The lowest BCUT2D eigenvalue weighted by Crippen LogP contribution is -2.54. The SMILES string of the molecule is CN(CC(C)(C)O)C(=O)NC1CCCN(C2CCCCC2)C1. The van der Waals surface area contributed by atoms with E-state index in [1.807, 2.05) is 0 Å². The van der Waals surface area contributed by atoms with Crippen LogP contribution in [0.1, 0.15) is 58.8 Å². The van der Waals surface area contributed by atoms with Crippen LogP contribution in [0.15, 0.2) is 0 Å².